The Kier molecular flexibility index (Phi) is 5.77. The molecular formula is C25H31N. The fourth-order valence-electron chi connectivity index (χ4n) is 3.84. The van der Waals surface area contributed by atoms with Gasteiger partial charge < -0.3 is 0 Å². The van der Waals surface area contributed by atoms with Crippen LogP contribution in [-0.4, -0.2) is 0 Å². The Morgan fingerprint density at radius 2 is 1.42 bits per heavy atom. The average Bonchev–Trinajstić information content (AvgIpc) is 2.60. The molecule has 0 saturated carbocycles. The van der Waals surface area contributed by atoms with Crippen molar-refractivity contribution in [3.8, 4) is 6.07 Å². The number of hydrogen-bond donors (Lipinski definition) is 0. The second-order valence-corrected chi connectivity index (χ2v) is 8.55. The zero-order chi connectivity index (χ0) is 19.5. The summed E-state index contributed by atoms with van der Waals surface area (Å²) in [6, 6.07) is 17.1. The molecule has 136 valence electrons. The van der Waals surface area contributed by atoms with Crippen LogP contribution >= 0.6 is 0 Å². The Labute approximate surface area is 159 Å². The highest BCUT2D eigenvalue weighted by Gasteiger charge is 2.37. The average molecular weight is 346 g/mol. The first-order valence-electron chi connectivity index (χ1n) is 9.35. The first-order chi connectivity index (χ1) is 12.1. The Morgan fingerprint density at radius 1 is 0.962 bits per heavy atom. The van der Waals surface area contributed by atoms with Crippen molar-refractivity contribution in [2.45, 2.75) is 65.2 Å². The van der Waals surface area contributed by atoms with Crippen molar-refractivity contribution in [2.24, 2.45) is 0 Å². The van der Waals surface area contributed by atoms with Crippen LogP contribution in [0.1, 0.15) is 75.3 Å². The number of fused-ring (bicyclic) bond motifs is 1. The molecule has 0 atom stereocenters. The quantitative estimate of drug-likeness (QED) is 0.578. The molecule has 0 bridgehead atoms. The summed E-state index contributed by atoms with van der Waals surface area (Å²) in [5.74, 6) is 0. The topological polar surface area (TPSA) is 23.8 Å². The molecule has 0 heterocycles. The lowest BCUT2D eigenvalue weighted by atomic mass is 9.62. The summed E-state index contributed by atoms with van der Waals surface area (Å²) in [6.07, 6.45) is 2.50. The molecule has 0 unspecified atom stereocenters. The Bertz CT molecular complexity index is 832. The molecule has 0 aliphatic heterocycles. The van der Waals surface area contributed by atoms with Crippen LogP contribution in [0.5, 0.6) is 0 Å². The minimum atomic E-state index is 0.240. The maximum Gasteiger partial charge on any atom is 0.0587 e. The van der Waals surface area contributed by atoms with Crippen LogP contribution < -0.4 is 0 Å². The molecule has 0 N–H and O–H groups in total. The zero-order valence-corrected chi connectivity index (χ0v) is 17.1. The van der Waals surface area contributed by atoms with Gasteiger partial charge in [0.1, 0.15) is 0 Å². The summed E-state index contributed by atoms with van der Waals surface area (Å²) in [4.78, 5) is 0. The lowest BCUT2D eigenvalue weighted by Crippen LogP contribution is -2.34. The van der Waals surface area contributed by atoms with Crippen LogP contribution in [0.2, 0.25) is 0 Å². The molecule has 0 radical (unpaired) electrons. The van der Waals surface area contributed by atoms with Gasteiger partial charge in [-0.1, -0.05) is 76.7 Å². The molecule has 26 heavy (non-hydrogen) atoms. The smallest absolute Gasteiger partial charge is 0.0587 e. The molecule has 2 aromatic carbocycles. The molecule has 1 heteroatoms. The maximum atomic E-state index is 7.32. The van der Waals surface area contributed by atoms with E-state index in [1.54, 1.807) is 6.07 Å². The predicted molar refractivity (Wildman–Crippen MR) is 112 cm³/mol. The van der Waals surface area contributed by atoms with Crippen LogP contribution in [0.4, 0.5) is 0 Å². The molecule has 1 aliphatic rings. The van der Waals surface area contributed by atoms with Crippen molar-refractivity contribution >= 4 is 5.57 Å². The fraction of sp³-hybridized carbons (Fsp3) is 0.400. The van der Waals surface area contributed by atoms with Gasteiger partial charge in [-0.3, -0.25) is 0 Å². The first kappa shape index (κ1) is 20.0. The van der Waals surface area contributed by atoms with Gasteiger partial charge >= 0.3 is 0 Å². The fourth-order valence-corrected chi connectivity index (χ4v) is 3.84. The number of rotatable bonds is 2. The largest absolute Gasteiger partial charge is 0.199 e. The summed E-state index contributed by atoms with van der Waals surface area (Å²) in [5.41, 5.74) is 8.51. The van der Waals surface area contributed by atoms with E-state index in [0.29, 0.717) is 0 Å². The van der Waals surface area contributed by atoms with Crippen molar-refractivity contribution in [3.05, 3.63) is 76.9 Å². The molecule has 2 aromatic rings. The third kappa shape index (κ3) is 3.91. The number of nitrogens with zero attached hydrogens (tertiary/aromatic N) is 1. The molecule has 0 spiro atoms. The summed E-state index contributed by atoms with van der Waals surface area (Å²) in [7, 11) is 0. The van der Waals surface area contributed by atoms with E-state index in [0.717, 1.165) is 5.57 Å². The predicted octanol–water partition coefficient (Wildman–Crippen LogP) is 6.94. The van der Waals surface area contributed by atoms with Crippen LogP contribution in [0, 0.1) is 18.3 Å². The van der Waals surface area contributed by atoms with E-state index in [-0.39, 0.29) is 10.8 Å². The number of aryl methyl sites for hydroxylation is 1. The second-order valence-electron chi connectivity index (χ2n) is 8.55. The van der Waals surface area contributed by atoms with Gasteiger partial charge in [0.2, 0.25) is 0 Å². The molecule has 0 aromatic heterocycles. The SMILES string of the molecule is C=C(c1ccccc1)c1cc2c(cc1C)C(C)(C)CCC2(C)C.CC#N. The highest BCUT2D eigenvalue weighted by molar-refractivity contribution is 5.80. The van der Waals surface area contributed by atoms with Gasteiger partial charge in [0, 0.05) is 6.92 Å². The third-order valence-corrected chi connectivity index (χ3v) is 5.65. The highest BCUT2D eigenvalue weighted by atomic mass is 14.4. The lowest BCUT2D eigenvalue weighted by molar-refractivity contribution is 0.331. The molecule has 3 rings (SSSR count). The van der Waals surface area contributed by atoms with Crippen LogP contribution in [-0.2, 0) is 10.8 Å². The number of nitriles is 1. The van der Waals surface area contributed by atoms with Gasteiger partial charge in [-0.2, -0.15) is 5.26 Å². The van der Waals surface area contributed by atoms with E-state index in [4.69, 9.17) is 5.26 Å². The minimum absolute atomic E-state index is 0.240. The monoisotopic (exact) mass is 345 g/mol. The van der Waals surface area contributed by atoms with Crippen LogP contribution in [0.15, 0.2) is 49.0 Å². The van der Waals surface area contributed by atoms with Crippen LogP contribution in [0.3, 0.4) is 0 Å². The Hall–Kier alpha value is -2.33. The lowest BCUT2D eigenvalue weighted by Gasteiger charge is -2.42. The van der Waals surface area contributed by atoms with Crippen molar-refractivity contribution in [1.82, 2.24) is 0 Å². The van der Waals surface area contributed by atoms with Crippen LogP contribution in [0.25, 0.3) is 5.57 Å². The maximum absolute atomic E-state index is 7.32. The van der Waals surface area contributed by atoms with Crippen molar-refractivity contribution in [1.29, 1.82) is 5.26 Å². The van der Waals surface area contributed by atoms with Crippen molar-refractivity contribution in [3.63, 3.8) is 0 Å². The first-order valence-corrected chi connectivity index (χ1v) is 9.35. The summed E-state index contributed by atoms with van der Waals surface area (Å²) in [5, 5.41) is 7.32. The number of hydrogen-bond acceptors (Lipinski definition) is 1. The van der Waals surface area contributed by atoms with E-state index in [2.05, 4.69) is 83.7 Å². The molecule has 0 saturated heterocycles. The van der Waals surface area contributed by atoms with E-state index >= 15 is 0 Å². The summed E-state index contributed by atoms with van der Waals surface area (Å²) in [6.45, 7) is 17.6. The van der Waals surface area contributed by atoms with Gasteiger partial charge in [-0.05, 0) is 64.0 Å². The number of benzene rings is 2. The summed E-state index contributed by atoms with van der Waals surface area (Å²) < 4.78 is 0. The molecule has 1 aliphatic carbocycles. The zero-order valence-electron chi connectivity index (χ0n) is 17.1. The van der Waals surface area contributed by atoms with E-state index in [1.165, 1.54) is 47.6 Å². The second kappa shape index (κ2) is 7.50. The Balaban J connectivity index is 0.000000758. The minimum Gasteiger partial charge on any atom is -0.199 e. The molecule has 1 nitrogen and oxygen atoms in total. The van der Waals surface area contributed by atoms with Gasteiger partial charge in [-0.25, -0.2) is 0 Å². The normalized spacial score (nSPS) is 16.5. The van der Waals surface area contributed by atoms with Crippen molar-refractivity contribution < 1.29 is 0 Å². The summed E-state index contributed by atoms with van der Waals surface area (Å²) >= 11 is 0. The highest BCUT2D eigenvalue weighted by Crippen LogP contribution is 2.47. The molecule has 0 fully saturated rings. The van der Waals surface area contributed by atoms with Gasteiger partial charge in [-0.15, -0.1) is 0 Å². The van der Waals surface area contributed by atoms with E-state index in [1.807, 2.05) is 0 Å². The standard InChI is InChI=1S/C23H28.C2H3N/c1-16-14-20-21(23(5,6)13-12-22(20,3)4)15-19(16)17(2)18-10-8-7-9-11-18;1-2-3/h7-11,14-15H,2,12-13H2,1,3-6H3;1H3. The van der Waals surface area contributed by atoms with Gasteiger partial charge in [0.25, 0.3) is 0 Å². The van der Waals surface area contributed by atoms with Gasteiger partial charge in [0.05, 0.1) is 6.07 Å². The third-order valence-electron chi connectivity index (χ3n) is 5.65. The molecular weight excluding hydrogens is 314 g/mol. The Morgan fingerprint density at radius 3 is 1.92 bits per heavy atom. The molecule has 0 amide bonds. The van der Waals surface area contributed by atoms with E-state index in [9.17, 15) is 0 Å². The van der Waals surface area contributed by atoms with Crippen molar-refractivity contribution in [2.75, 3.05) is 0 Å². The van der Waals surface area contributed by atoms with Gasteiger partial charge in [0.15, 0.2) is 0 Å². The van der Waals surface area contributed by atoms with E-state index < -0.39 is 0 Å².